The van der Waals surface area contributed by atoms with Crippen LogP contribution in [0.25, 0.3) is 89.7 Å². The van der Waals surface area contributed by atoms with Crippen LogP contribution in [0, 0.1) is 11.8 Å². The number of aromatic nitrogens is 8. The first-order valence-electron chi connectivity index (χ1n) is 45.8. The highest BCUT2D eigenvalue weighted by atomic mass is 35.5. The second-order valence-electron chi connectivity index (χ2n) is 34.0. The molecule has 30 heteroatoms. The first-order chi connectivity index (χ1) is 69.5. The van der Waals surface area contributed by atoms with Crippen molar-refractivity contribution in [1.82, 2.24) is 39.9 Å². The summed E-state index contributed by atoms with van der Waals surface area (Å²) in [5, 5.41) is 25.4. The molecule has 143 heavy (non-hydrogen) atoms. The number of carbonyl (C=O) groups excluding carboxylic acids is 8. The molecule has 12 N–H and O–H groups in total. The van der Waals surface area contributed by atoms with E-state index in [0.717, 1.165) is 116 Å². The van der Waals surface area contributed by atoms with Crippen LogP contribution >= 0.6 is 46.4 Å². The van der Waals surface area contributed by atoms with E-state index in [0.29, 0.717) is 122 Å². The van der Waals surface area contributed by atoms with Gasteiger partial charge in [-0.05, 0) is 328 Å². The number of benzene rings is 15. The minimum atomic E-state index is -0.323. The van der Waals surface area contributed by atoms with Gasteiger partial charge in [0.2, 0.25) is 11.8 Å². The van der Waals surface area contributed by atoms with E-state index in [1.807, 2.05) is 194 Å². The molecule has 2 unspecified atom stereocenters. The molecule has 26 nitrogen and oxygen atoms in total. The molecule has 4 heterocycles. The first-order valence-corrected chi connectivity index (χ1v) is 47.3. The van der Waals surface area contributed by atoms with E-state index < -0.39 is 0 Å². The van der Waals surface area contributed by atoms with Gasteiger partial charge in [0.05, 0.1) is 58.4 Å². The minimum absolute atomic E-state index is 0.00847. The Morgan fingerprint density at radius 2 is 0.552 bits per heavy atom. The lowest BCUT2D eigenvalue weighted by Gasteiger charge is -2.20. The fourth-order valence-electron chi connectivity index (χ4n) is 16.3. The predicted octanol–water partition coefficient (Wildman–Crippen LogP) is 26.3. The molecule has 8 amide bonds. The van der Waals surface area contributed by atoms with Gasteiger partial charge in [0.25, 0.3) is 35.4 Å². The summed E-state index contributed by atoms with van der Waals surface area (Å²) in [5.74, 6) is 3.43. The van der Waals surface area contributed by atoms with Crippen molar-refractivity contribution in [2.24, 2.45) is 11.8 Å². The number of methoxy groups -OCH3 is 2. The zero-order valence-electron chi connectivity index (χ0n) is 76.8. The minimum Gasteiger partial charge on any atom is -0.497 e. The summed E-state index contributed by atoms with van der Waals surface area (Å²) < 4.78 is 10.3. The molecule has 2 aliphatic carbocycles. The first kappa shape index (κ1) is 96.0. The number of aromatic amines is 4. The van der Waals surface area contributed by atoms with Gasteiger partial charge in [-0.1, -0.05) is 114 Å². The van der Waals surface area contributed by atoms with Gasteiger partial charge >= 0.3 is 0 Å². The molecule has 2 atom stereocenters. The van der Waals surface area contributed by atoms with Crippen molar-refractivity contribution in [2.45, 2.75) is 44.4 Å². The molecule has 0 bridgehead atoms. The fraction of sp³-hybridized carbons (Fsp3) is 0.0973. The maximum absolute atomic E-state index is 12.8. The molecular formula is C113H90Cl4N16O10. The lowest BCUT2D eigenvalue weighted by molar-refractivity contribution is -0.120. The highest BCUT2D eigenvalue weighted by Gasteiger charge is 2.44. The van der Waals surface area contributed by atoms with Crippen LogP contribution in [-0.2, 0) is 9.59 Å². The van der Waals surface area contributed by atoms with E-state index in [9.17, 15) is 38.4 Å². The number of amides is 8. The average Bonchev–Trinajstić information content (AvgIpc) is 1.63. The van der Waals surface area contributed by atoms with Crippen LogP contribution in [0.1, 0.15) is 112 Å². The molecule has 21 rings (SSSR count). The van der Waals surface area contributed by atoms with Crippen molar-refractivity contribution < 1.29 is 47.8 Å². The Labute approximate surface area is 840 Å². The van der Waals surface area contributed by atoms with E-state index in [1.54, 1.807) is 154 Å². The molecule has 710 valence electrons. The maximum atomic E-state index is 12.8. The van der Waals surface area contributed by atoms with Crippen molar-refractivity contribution in [2.75, 3.05) is 56.8 Å². The van der Waals surface area contributed by atoms with Crippen LogP contribution in [0.3, 0.4) is 0 Å². The third-order valence-electron chi connectivity index (χ3n) is 24.1. The van der Waals surface area contributed by atoms with Crippen LogP contribution < -0.4 is 52.0 Å². The Balaban J connectivity index is 0.000000126. The van der Waals surface area contributed by atoms with Crippen LogP contribution in [0.15, 0.2) is 346 Å². The topological polar surface area (TPSA) is 366 Å². The molecule has 15 aromatic carbocycles. The SMILES string of the molecule is COc1ccc(C(=O)Nc2ccc(-c3nc4ccc(NC(=O)C5CC5c5ccccc5)cc4[nH]3)cc2)cc1.COc1ccc(C(=O)Nc2ccc(-c3nc4ccc(NC(=O)c5cc(Cl)cc(Cl)c5)cc4[nH]3)cc2)cc1.O=C(Nc1ccc(-c2nc3ccc(NC(=O)C4CCCCC4)cc3[nH]2)cc1)c1ccc(Cl)cc1.O=C(Nc1ccc(-c2nc3ccc(NC(=O)c4ccccc4)cc3[nH]2)cc1)c1ccc(Cl)cc1. The lowest BCUT2D eigenvalue weighted by Crippen LogP contribution is -2.24. The molecule has 0 saturated heterocycles. The molecule has 4 aromatic heterocycles. The van der Waals surface area contributed by atoms with Gasteiger partial charge in [-0.25, -0.2) is 19.9 Å². The van der Waals surface area contributed by atoms with Gasteiger partial charge in [-0.2, -0.15) is 0 Å². The highest BCUT2D eigenvalue weighted by molar-refractivity contribution is 6.35. The molecule has 0 aliphatic heterocycles. The second kappa shape index (κ2) is 44.2. The van der Waals surface area contributed by atoms with Crippen molar-refractivity contribution in [3.63, 3.8) is 0 Å². The van der Waals surface area contributed by atoms with Crippen LogP contribution in [-0.4, -0.2) is 101 Å². The predicted molar refractivity (Wildman–Crippen MR) is 567 cm³/mol. The van der Waals surface area contributed by atoms with Crippen molar-refractivity contribution in [1.29, 1.82) is 0 Å². The number of fused-ring (bicyclic) bond motifs is 4. The number of imidazole rings is 4. The van der Waals surface area contributed by atoms with E-state index in [4.69, 9.17) is 55.9 Å². The number of nitrogens with one attached hydrogen (secondary N) is 12. The third kappa shape index (κ3) is 24.5. The molecule has 19 aromatic rings. The van der Waals surface area contributed by atoms with E-state index in [1.165, 1.54) is 12.0 Å². The zero-order chi connectivity index (χ0) is 99.0. The second-order valence-corrected chi connectivity index (χ2v) is 35.7. The third-order valence-corrected chi connectivity index (χ3v) is 25.0. The summed E-state index contributed by atoms with van der Waals surface area (Å²) in [7, 11) is 3.17. The van der Waals surface area contributed by atoms with Gasteiger partial charge in [-0.15, -0.1) is 0 Å². The number of ether oxygens (including phenoxy) is 2. The summed E-state index contributed by atoms with van der Waals surface area (Å²) in [6.45, 7) is 0. The number of hydrogen-bond donors (Lipinski definition) is 12. The summed E-state index contributed by atoms with van der Waals surface area (Å²) in [5.41, 5.74) is 19.7. The van der Waals surface area contributed by atoms with Crippen molar-refractivity contribution in [3.05, 3.63) is 405 Å². The average molecular weight is 1970 g/mol. The van der Waals surface area contributed by atoms with Crippen LogP contribution in [0.2, 0.25) is 20.1 Å². The van der Waals surface area contributed by atoms with Gasteiger partial charge < -0.3 is 71.9 Å². The number of anilines is 8. The largest absolute Gasteiger partial charge is 0.497 e. The zero-order valence-corrected chi connectivity index (χ0v) is 79.8. The quantitative estimate of drug-likeness (QED) is 0.0283. The molecule has 0 spiro atoms. The number of rotatable bonds is 23. The maximum Gasteiger partial charge on any atom is 0.255 e. The Kier molecular flexibility index (Phi) is 29.7. The number of H-pyrrole nitrogens is 4. The summed E-state index contributed by atoms with van der Waals surface area (Å²) in [6, 6.07) is 103. The Bertz CT molecular complexity index is 7860. The standard InChI is InChI=1S/C31H26N4O3.C28H20Cl2N4O3.C27H25ClN4O2.C27H19ClN4O2/c1-38-24-14-9-21(10-15-24)30(36)32-22-11-7-20(8-12-22)29-34-27-16-13-23(17-28(27)35-29)33-31(37)26-18-25(26)19-5-3-2-4-6-19;1-37-23-9-4-17(5-10-23)27(35)31-21-6-2-16(3-7-21)26-33-24-11-8-22(15-25(24)34-26)32-28(36)18-12-19(29)14-20(30)13-18;2*28-20-10-6-19(7-11-20)27(34)29-21-12-8-17(9-13-21)25-31-23-15-14-22(16-24(23)32-25)30-26(33)18-4-2-1-3-5-18/h2-17,25-26H,18H2,1H3,(H,32,36)(H,33,37)(H,34,35);2-15H,1H3,(H,31,35)(H,32,36)(H,33,34);6-16,18H,1-5H2,(H,29,34)(H,30,33)(H,31,32);1-16H,(H,29,34)(H,30,33)(H,31,32). The van der Waals surface area contributed by atoms with Gasteiger partial charge in [-0.3, -0.25) is 38.4 Å². The van der Waals surface area contributed by atoms with Crippen molar-refractivity contribution >= 4 is 183 Å². The van der Waals surface area contributed by atoms with Crippen LogP contribution in [0.4, 0.5) is 45.5 Å². The number of carbonyl (C=O) groups is 8. The fourth-order valence-corrected chi connectivity index (χ4v) is 17.1. The Morgan fingerprint density at radius 3 is 0.881 bits per heavy atom. The molecule has 2 aliphatic rings. The van der Waals surface area contributed by atoms with Crippen LogP contribution in [0.5, 0.6) is 11.5 Å². The van der Waals surface area contributed by atoms with Gasteiger partial charge in [0.1, 0.15) is 34.8 Å². The Hall–Kier alpha value is -17.3. The van der Waals surface area contributed by atoms with E-state index >= 15 is 0 Å². The highest BCUT2D eigenvalue weighted by Crippen LogP contribution is 2.48. The monoisotopic (exact) mass is 1970 g/mol. The molecule has 2 saturated carbocycles. The summed E-state index contributed by atoms with van der Waals surface area (Å²) in [4.78, 5) is 132. The molecule has 0 radical (unpaired) electrons. The summed E-state index contributed by atoms with van der Waals surface area (Å²) in [6.07, 6.45) is 6.30. The molecular weight excluding hydrogens is 1880 g/mol. The number of halogens is 4. The normalized spacial score (nSPS) is 13.0. The smallest absolute Gasteiger partial charge is 0.255 e. The van der Waals surface area contributed by atoms with Crippen molar-refractivity contribution in [3.8, 4) is 57.1 Å². The van der Waals surface area contributed by atoms with E-state index in [2.05, 4.69) is 94.5 Å². The number of hydrogen-bond acceptors (Lipinski definition) is 14. The molecule has 2 fully saturated rings. The number of nitrogens with zero attached hydrogens (tertiary/aromatic N) is 4. The Morgan fingerprint density at radius 1 is 0.273 bits per heavy atom. The lowest BCUT2D eigenvalue weighted by atomic mass is 9.88. The van der Waals surface area contributed by atoms with E-state index in [-0.39, 0.29) is 59.1 Å². The van der Waals surface area contributed by atoms with Gasteiger partial charge in [0.15, 0.2) is 0 Å². The summed E-state index contributed by atoms with van der Waals surface area (Å²) >= 11 is 23.8. The van der Waals surface area contributed by atoms with Gasteiger partial charge in [0, 0.05) is 133 Å².